The number of aromatic nitrogens is 3. The fraction of sp³-hybridized carbons (Fsp3) is 0.100. The minimum Gasteiger partial charge on any atom is -0.506 e. The second-order valence-corrected chi connectivity index (χ2v) is 5.35. The van der Waals surface area contributed by atoms with E-state index in [9.17, 15) is 5.11 Å². The van der Waals surface area contributed by atoms with Gasteiger partial charge >= 0.3 is 0 Å². The number of halogens is 2. The molecule has 1 aromatic heterocycles. The summed E-state index contributed by atoms with van der Waals surface area (Å²) in [5.74, 6) is 6.71. The lowest BCUT2D eigenvalue weighted by Crippen LogP contribution is -2.13. The highest BCUT2D eigenvalue weighted by molar-refractivity contribution is 9.11. The number of nitrogen functional groups attached to an aromatic ring is 1. The van der Waals surface area contributed by atoms with Crippen LogP contribution in [-0.4, -0.2) is 26.2 Å². The molecule has 0 spiro atoms. The predicted molar refractivity (Wildman–Crippen MR) is 79.6 cm³/mol. The van der Waals surface area contributed by atoms with E-state index >= 15 is 0 Å². The van der Waals surface area contributed by atoms with E-state index in [-0.39, 0.29) is 5.75 Å². The third-order valence-corrected chi connectivity index (χ3v) is 3.49. The molecule has 0 bridgehead atoms. The second kappa shape index (κ2) is 5.57. The van der Waals surface area contributed by atoms with Crippen molar-refractivity contribution in [1.29, 1.82) is 0 Å². The van der Waals surface area contributed by atoms with Crippen LogP contribution in [-0.2, 0) is 0 Å². The summed E-state index contributed by atoms with van der Waals surface area (Å²) in [7, 11) is 0. The largest absolute Gasteiger partial charge is 0.506 e. The smallest absolute Gasteiger partial charge is 0.263 e. The highest BCUT2D eigenvalue weighted by atomic mass is 79.9. The predicted octanol–water partition coefficient (Wildman–Crippen LogP) is 1.98. The molecule has 0 radical (unpaired) electrons. The molecule has 0 aliphatic heterocycles. The van der Waals surface area contributed by atoms with Crippen molar-refractivity contribution in [2.24, 2.45) is 5.10 Å². The Morgan fingerprint density at radius 1 is 1.37 bits per heavy atom. The highest BCUT2D eigenvalue weighted by Gasteiger charge is 2.05. The molecule has 100 valence electrons. The molecule has 7 nitrogen and oxygen atoms in total. The molecule has 0 saturated heterocycles. The van der Waals surface area contributed by atoms with E-state index in [1.54, 1.807) is 25.3 Å². The Kier molecular flexibility index (Phi) is 4.05. The van der Waals surface area contributed by atoms with E-state index in [0.29, 0.717) is 20.7 Å². The fourth-order valence-corrected chi connectivity index (χ4v) is 2.49. The first-order valence-corrected chi connectivity index (χ1v) is 6.72. The summed E-state index contributed by atoms with van der Waals surface area (Å²) in [6.07, 6.45) is 1.57. The minimum atomic E-state index is 0.141. The number of benzene rings is 1. The number of rotatable bonds is 3. The number of aryl methyl sites for hydroxylation is 1. The zero-order chi connectivity index (χ0) is 14.0. The van der Waals surface area contributed by atoms with Crippen molar-refractivity contribution in [2.45, 2.75) is 6.92 Å². The van der Waals surface area contributed by atoms with Gasteiger partial charge in [0.05, 0.1) is 15.2 Å². The Morgan fingerprint density at radius 2 is 2.00 bits per heavy atom. The maximum Gasteiger partial charge on any atom is 0.263 e. The number of aromatic hydroxyl groups is 1. The van der Waals surface area contributed by atoms with Crippen molar-refractivity contribution in [3.8, 4) is 5.75 Å². The average Bonchev–Trinajstić information content (AvgIpc) is 2.68. The molecule has 0 aliphatic carbocycles. The van der Waals surface area contributed by atoms with Crippen molar-refractivity contribution < 1.29 is 5.11 Å². The zero-order valence-electron chi connectivity index (χ0n) is 9.80. The van der Waals surface area contributed by atoms with Crippen molar-refractivity contribution >= 4 is 44.0 Å². The van der Waals surface area contributed by atoms with Crippen LogP contribution < -0.4 is 11.3 Å². The molecule has 0 aliphatic rings. The van der Waals surface area contributed by atoms with Crippen LogP contribution >= 0.6 is 31.9 Å². The molecule has 2 rings (SSSR count). The van der Waals surface area contributed by atoms with Crippen molar-refractivity contribution in [3.63, 3.8) is 0 Å². The van der Waals surface area contributed by atoms with Crippen molar-refractivity contribution in [2.75, 3.05) is 11.3 Å². The first kappa shape index (κ1) is 13.8. The number of nitrogens with one attached hydrogen (secondary N) is 1. The first-order valence-electron chi connectivity index (χ1n) is 5.13. The molecule has 1 aromatic carbocycles. The van der Waals surface area contributed by atoms with Gasteiger partial charge in [0, 0.05) is 0 Å². The van der Waals surface area contributed by atoms with Crippen molar-refractivity contribution in [3.05, 3.63) is 32.5 Å². The Morgan fingerprint density at radius 3 is 2.53 bits per heavy atom. The van der Waals surface area contributed by atoms with Gasteiger partial charge in [0.1, 0.15) is 5.75 Å². The third kappa shape index (κ3) is 3.04. The molecule has 1 heterocycles. The third-order valence-electron chi connectivity index (χ3n) is 2.28. The topological polar surface area (TPSA) is 101 Å². The standard InChI is InChI=1S/C10H10Br2N6O/c1-5-15-17-10(18(5)13)16-14-4-6-2-7(11)9(19)8(12)3-6/h2-4,19H,13H2,1H3,(H,16,17)/b14-4+. The van der Waals surface area contributed by atoms with Gasteiger partial charge in [0.25, 0.3) is 5.95 Å². The van der Waals surface area contributed by atoms with E-state index in [1.165, 1.54) is 4.68 Å². The molecule has 9 heteroatoms. The van der Waals surface area contributed by atoms with E-state index in [2.05, 4.69) is 52.6 Å². The molecule has 0 unspecified atom stereocenters. The maximum absolute atomic E-state index is 9.58. The van der Waals surface area contributed by atoms with Gasteiger partial charge in [-0.05, 0) is 56.5 Å². The monoisotopic (exact) mass is 388 g/mol. The summed E-state index contributed by atoms with van der Waals surface area (Å²) in [4.78, 5) is 0. The number of phenolic OH excluding ortho intramolecular Hbond substituents is 1. The van der Waals surface area contributed by atoms with Crippen LogP contribution in [0.2, 0.25) is 0 Å². The summed E-state index contributed by atoms with van der Waals surface area (Å²) in [6.45, 7) is 1.73. The lowest BCUT2D eigenvalue weighted by atomic mass is 10.2. The molecule has 0 atom stereocenters. The maximum atomic E-state index is 9.58. The van der Waals surface area contributed by atoms with Crippen molar-refractivity contribution in [1.82, 2.24) is 14.9 Å². The molecule has 4 N–H and O–H groups in total. The molecule has 0 amide bonds. The summed E-state index contributed by atoms with van der Waals surface area (Å²) < 4.78 is 2.43. The SMILES string of the molecule is Cc1nnc(N/N=C/c2cc(Br)c(O)c(Br)c2)n1N. The van der Waals surface area contributed by atoms with Gasteiger partial charge in [-0.3, -0.25) is 0 Å². The Labute approximate surface area is 125 Å². The first-order chi connectivity index (χ1) is 8.99. The van der Waals surface area contributed by atoms with Gasteiger partial charge in [0.15, 0.2) is 5.82 Å². The van der Waals surface area contributed by atoms with Crippen LogP contribution in [0.5, 0.6) is 5.75 Å². The number of hydrogen-bond donors (Lipinski definition) is 3. The summed E-state index contributed by atoms with van der Waals surface area (Å²) in [6, 6.07) is 3.45. The fourth-order valence-electron chi connectivity index (χ4n) is 1.27. The second-order valence-electron chi connectivity index (χ2n) is 3.64. The minimum absolute atomic E-state index is 0.141. The van der Waals surface area contributed by atoms with E-state index in [4.69, 9.17) is 5.84 Å². The lowest BCUT2D eigenvalue weighted by molar-refractivity contribution is 0.468. The number of nitrogens with two attached hydrogens (primary N) is 1. The van der Waals surface area contributed by atoms with Crippen LogP contribution in [0.25, 0.3) is 0 Å². The van der Waals surface area contributed by atoms with E-state index in [0.717, 1.165) is 5.56 Å². The normalized spacial score (nSPS) is 11.1. The summed E-state index contributed by atoms with van der Waals surface area (Å²) in [5.41, 5.74) is 3.46. The van der Waals surface area contributed by atoms with Crippen LogP contribution in [0, 0.1) is 6.92 Å². The molecule has 19 heavy (non-hydrogen) atoms. The van der Waals surface area contributed by atoms with E-state index < -0.39 is 0 Å². The van der Waals surface area contributed by atoms with E-state index in [1.807, 2.05) is 0 Å². The highest BCUT2D eigenvalue weighted by Crippen LogP contribution is 2.32. The molecular weight excluding hydrogens is 380 g/mol. The molecular formula is C10H10Br2N6O. The number of phenols is 1. The van der Waals surface area contributed by atoms with Crippen LogP contribution in [0.3, 0.4) is 0 Å². The number of hydrogen-bond acceptors (Lipinski definition) is 6. The van der Waals surface area contributed by atoms with Crippen LogP contribution in [0.4, 0.5) is 5.95 Å². The number of hydrazone groups is 1. The zero-order valence-corrected chi connectivity index (χ0v) is 13.0. The Bertz CT molecular complexity index is 616. The lowest BCUT2D eigenvalue weighted by Gasteiger charge is -2.02. The average molecular weight is 390 g/mol. The molecule has 2 aromatic rings. The summed E-state index contributed by atoms with van der Waals surface area (Å²) in [5, 5.41) is 21.2. The molecule has 0 saturated carbocycles. The summed E-state index contributed by atoms with van der Waals surface area (Å²) >= 11 is 6.48. The number of anilines is 1. The van der Waals surface area contributed by atoms with Crippen LogP contribution in [0.1, 0.15) is 11.4 Å². The van der Waals surface area contributed by atoms with Gasteiger partial charge in [0.2, 0.25) is 0 Å². The van der Waals surface area contributed by atoms with Gasteiger partial charge in [-0.1, -0.05) is 0 Å². The van der Waals surface area contributed by atoms with Crippen LogP contribution in [0.15, 0.2) is 26.2 Å². The van der Waals surface area contributed by atoms with Gasteiger partial charge in [-0.25, -0.2) is 10.1 Å². The van der Waals surface area contributed by atoms with Gasteiger partial charge in [-0.2, -0.15) is 5.10 Å². The Hall–Kier alpha value is -1.61. The molecule has 0 fully saturated rings. The van der Waals surface area contributed by atoms with Gasteiger partial charge < -0.3 is 10.9 Å². The van der Waals surface area contributed by atoms with Gasteiger partial charge in [-0.15, -0.1) is 10.2 Å². The number of nitrogens with zero attached hydrogens (tertiary/aromatic N) is 4. The quantitative estimate of drug-likeness (QED) is 0.423. The Balaban J connectivity index is 2.13.